The minimum atomic E-state index is -3.94. The number of benzene rings is 1. The topological polar surface area (TPSA) is 145 Å². The van der Waals surface area contributed by atoms with Gasteiger partial charge in [0.25, 0.3) is 20.0 Å². The van der Waals surface area contributed by atoms with Crippen LogP contribution in [0.25, 0.3) is 0 Å². The highest BCUT2D eigenvalue weighted by molar-refractivity contribution is 7.93. The quantitative estimate of drug-likeness (QED) is 0.558. The van der Waals surface area contributed by atoms with Gasteiger partial charge in [-0.05, 0) is 31.2 Å². The average Bonchev–Trinajstić information content (AvgIpc) is 3.01. The van der Waals surface area contributed by atoms with E-state index < -0.39 is 20.0 Å². The number of anilines is 2. The summed E-state index contributed by atoms with van der Waals surface area (Å²) in [6.45, 7) is 1.58. The van der Waals surface area contributed by atoms with E-state index in [1.807, 2.05) is 0 Å². The monoisotopic (exact) mass is 438 g/mol. The number of nitrogens with one attached hydrogen (secondary N) is 2. The lowest BCUT2D eigenvalue weighted by Crippen LogP contribution is -2.15. The van der Waals surface area contributed by atoms with Crippen LogP contribution in [-0.2, 0) is 27.1 Å². The fraction of sp³-hybridized carbons (Fsp3) is 0.188. The van der Waals surface area contributed by atoms with E-state index in [2.05, 4.69) is 24.5 Å². The van der Waals surface area contributed by atoms with Crippen LogP contribution in [0.15, 0.2) is 52.6 Å². The van der Waals surface area contributed by atoms with Gasteiger partial charge in [-0.2, -0.15) is 5.10 Å². The van der Waals surface area contributed by atoms with Crippen molar-refractivity contribution in [2.24, 2.45) is 7.05 Å². The molecular formula is C16H18N6O5S2. The largest absolute Gasteiger partial charge is 0.481 e. The number of sulfonamides is 2. The highest BCUT2D eigenvalue weighted by Gasteiger charge is 2.21. The third kappa shape index (κ3) is 4.63. The van der Waals surface area contributed by atoms with Crippen LogP contribution in [0.4, 0.5) is 11.5 Å². The van der Waals surface area contributed by atoms with Crippen LogP contribution in [0, 0.1) is 6.92 Å². The van der Waals surface area contributed by atoms with Crippen LogP contribution >= 0.6 is 0 Å². The number of aryl methyl sites for hydroxylation is 2. The van der Waals surface area contributed by atoms with Gasteiger partial charge in [0.1, 0.15) is 17.0 Å². The molecule has 0 aliphatic rings. The van der Waals surface area contributed by atoms with Crippen molar-refractivity contribution in [3.05, 3.63) is 48.5 Å². The summed E-state index contributed by atoms with van der Waals surface area (Å²) in [6.07, 6.45) is 2.55. The van der Waals surface area contributed by atoms with Crippen LogP contribution in [0.1, 0.15) is 5.69 Å². The molecule has 0 aliphatic carbocycles. The zero-order valence-corrected chi connectivity index (χ0v) is 17.3. The van der Waals surface area contributed by atoms with Gasteiger partial charge >= 0.3 is 0 Å². The van der Waals surface area contributed by atoms with Crippen molar-refractivity contribution in [2.75, 3.05) is 16.6 Å². The highest BCUT2D eigenvalue weighted by atomic mass is 32.2. The van der Waals surface area contributed by atoms with Crippen molar-refractivity contribution >= 4 is 31.6 Å². The molecule has 3 aromatic rings. The van der Waals surface area contributed by atoms with Gasteiger partial charge in [-0.1, -0.05) is 0 Å². The zero-order valence-electron chi connectivity index (χ0n) is 15.7. The summed E-state index contributed by atoms with van der Waals surface area (Å²) in [4.78, 5) is 7.59. The molecule has 0 fully saturated rings. The van der Waals surface area contributed by atoms with Crippen LogP contribution in [0.2, 0.25) is 0 Å². The molecule has 0 radical (unpaired) electrons. The molecule has 0 saturated heterocycles. The molecule has 0 atom stereocenters. The smallest absolute Gasteiger partial charge is 0.265 e. The van der Waals surface area contributed by atoms with Crippen LogP contribution in [0.5, 0.6) is 5.88 Å². The van der Waals surface area contributed by atoms with Crippen molar-refractivity contribution < 1.29 is 21.6 Å². The summed E-state index contributed by atoms with van der Waals surface area (Å²) >= 11 is 0. The number of methoxy groups -OCH3 is 1. The molecule has 0 aliphatic heterocycles. The SMILES string of the molecule is COc1cc(NS(=O)(=O)c2ccc(NS(=O)(=O)c3cn(C)nc3C)cc2)ncn1. The second-order valence-corrected chi connectivity index (χ2v) is 9.27. The van der Waals surface area contributed by atoms with Gasteiger partial charge in [0.15, 0.2) is 0 Å². The first-order valence-corrected chi connectivity index (χ1v) is 11.1. The van der Waals surface area contributed by atoms with E-state index in [1.165, 1.54) is 48.3 Å². The Morgan fingerprint density at radius 2 is 1.69 bits per heavy atom. The molecule has 2 N–H and O–H groups in total. The normalized spacial score (nSPS) is 11.8. The number of hydrogen-bond donors (Lipinski definition) is 2. The maximum absolute atomic E-state index is 12.5. The first kappa shape index (κ1) is 20.5. The Morgan fingerprint density at radius 1 is 1.00 bits per heavy atom. The van der Waals surface area contributed by atoms with E-state index in [-0.39, 0.29) is 27.2 Å². The fourth-order valence-corrected chi connectivity index (χ4v) is 4.73. The van der Waals surface area contributed by atoms with Crippen LogP contribution in [-0.4, -0.2) is 43.7 Å². The van der Waals surface area contributed by atoms with Gasteiger partial charge in [-0.25, -0.2) is 26.8 Å². The zero-order chi connectivity index (χ0) is 21.2. The first-order chi connectivity index (χ1) is 13.6. The van der Waals surface area contributed by atoms with E-state index in [4.69, 9.17) is 4.74 Å². The Labute approximate surface area is 167 Å². The molecule has 154 valence electrons. The fourth-order valence-electron chi connectivity index (χ4n) is 2.46. The minimum absolute atomic E-state index is 0.0358. The molecule has 0 bridgehead atoms. The molecule has 2 heterocycles. The number of hydrogen-bond acceptors (Lipinski definition) is 8. The van der Waals surface area contributed by atoms with Crippen molar-refractivity contribution in [1.82, 2.24) is 19.7 Å². The minimum Gasteiger partial charge on any atom is -0.481 e. The molecule has 0 saturated carbocycles. The summed E-state index contributed by atoms with van der Waals surface area (Å²) in [7, 11) is -4.78. The maximum Gasteiger partial charge on any atom is 0.265 e. The predicted octanol–water partition coefficient (Wildman–Crippen LogP) is 1.13. The van der Waals surface area contributed by atoms with E-state index >= 15 is 0 Å². The number of aromatic nitrogens is 4. The lowest BCUT2D eigenvalue weighted by Gasteiger charge is -2.10. The Morgan fingerprint density at radius 3 is 2.28 bits per heavy atom. The summed E-state index contributed by atoms with van der Waals surface area (Å²) in [5.74, 6) is 0.238. The van der Waals surface area contributed by atoms with Gasteiger partial charge in [0, 0.05) is 25.0 Å². The van der Waals surface area contributed by atoms with Crippen molar-refractivity contribution in [2.45, 2.75) is 16.7 Å². The molecule has 29 heavy (non-hydrogen) atoms. The summed E-state index contributed by atoms with van der Waals surface area (Å²) in [5.41, 5.74) is 0.555. The molecule has 1 aromatic carbocycles. The standard InChI is InChI=1S/C16H18N6O5S2/c1-11-14(9-22(2)19-11)29(25,26)20-12-4-6-13(7-5-12)28(23,24)21-15-8-16(27-3)18-10-17-15/h4-10,20H,1-3H3,(H,17,18,21). The summed E-state index contributed by atoms with van der Waals surface area (Å²) in [5, 5.41) is 4.01. The second-order valence-electron chi connectivity index (χ2n) is 5.93. The molecule has 2 aromatic heterocycles. The van der Waals surface area contributed by atoms with E-state index in [1.54, 1.807) is 14.0 Å². The third-order valence-electron chi connectivity index (χ3n) is 3.76. The van der Waals surface area contributed by atoms with Gasteiger partial charge in [0.05, 0.1) is 17.7 Å². The van der Waals surface area contributed by atoms with Crippen molar-refractivity contribution in [1.29, 1.82) is 0 Å². The van der Waals surface area contributed by atoms with Gasteiger partial charge in [-0.3, -0.25) is 14.1 Å². The van der Waals surface area contributed by atoms with Crippen LogP contribution in [0.3, 0.4) is 0 Å². The highest BCUT2D eigenvalue weighted by Crippen LogP contribution is 2.21. The van der Waals surface area contributed by atoms with Crippen LogP contribution < -0.4 is 14.2 Å². The Bertz CT molecular complexity index is 1240. The van der Waals surface area contributed by atoms with Gasteiger partial charge in [-0.15, -0.1) is 0 Å². The molecule has 0 spiro atoms. The van der Waals surface area contributed by atoms with E-state index in [0.717, 1.165) is 6.33 Å². The second kappa shape index (κ2) is 7.67. The van der Waals surface area contributed by atoms with Crippen molar-refractivity contribution in [3.63, 3.8) is 0 Å². The van der Waals surface area contributed by atoms with Gasteiger partial charge in [0.2, 0.25) is 5.88 Å². The Balaban J connectivity index is 1.79. The third-order valence-corrected chi connectivity index (χ3v) is 6.62. The number of rotatable bonds is 7. The number of nitrogens with zero attached hydrogens (tertiary/aromatic N) is 4. The Kier molecular flexibility index (Phi) is 5.44. The summed E-state index contributed by atoms with van der Waals surface area (Å²) < 4.78 is 61.0. The molecule has 0 amide bonds. The molecule has 3 rings (SSSR count). The molecule has 13 heteroatoms. The molecular weight excluding hydrogens is 420 g/mol. The van der Waals surface area contributed by atoms with E-state index in [9.17, 15) is 16.8 Å². The van der Waals surface area contributed by atoms with Crippen molar-refractivity contribution in [3.8, 4) is 5.88 Å². The van der Waals surface area contributed by atoms with Gasteiger partial charge < -0.3 is 4.74 Å². The molecule has 11 nitrogen and oxygen atoms in total. The average molecular weight is 438 g/mol. The van der Waals surface area contributed by atoms with E-state index in [0.29, 0.717) is 5.69 Å². The first-order valence-electron chi connectivity index (χ1n) is 8.13. The lowest BCUT2D eigenvalue weighted by atomic mass is 10.3. The number of ether oxygens (including phenoxy) is 1. The summed E-state index contributed by atoms with van der Waals surface area (Å²) in [6, 6.07) is 6.57. The lowest BCUT2D eigenvalue weighted by molar-refractivity contribution is 0.397. The Hall–Kier alpha value is -3.19. The predicted molar refractivity (Wildman–Crippen MR) is 105 cm³/mol. The molecule has 0 unspecified atom stereocenters. The maximum atomic E-state index is 12.5.